The molecule has 0 atom stereocenters. The lowest BCUT2D eigenvalue weighted by atomic mass is 10.1. The first-order valence-corrected chi connectivity index (χ1v) is 11.0. The summed E-state index contributed by atoms with van der Waals surface area (Å²) in [6.07, 6.45) is 0. The predicted molar refractivity (Wildman–Crippen MR) is 129 cm³/mol. The van der Waals surface area contributed by atoms with Crippen LogP contribution in [0, 0.1) is 0 Å². The fourth-order valence-corrected chi connectivity index (χ4v) is 4.54. The first-order chi connectivity index (χ1) is 14.2. The minimum Gasteiger partial charge on any atom is -0.372 e. The lowest BCUT2D eigenvalue weighted by Gasteiger charge is -2.38. The third kappa shape index (κ3) is 4.08. The highest BCUT2D eigenvalue weighted by molar-refractivity contribution is 7.80. The van der Waals surface area contributed by atoms with Crippen LogP contribution in [0.2, 0.25) is 0 Å². The zero-order chi connectivity index (χ0) is 20.2. The molecule has 3 aromatic rings. The average Bonchev–Trinajstić information content (AvgIpc) is 2.80. The van der Waals surface area contributed by atoms with Crippen LogP contribution in [0.5, 0.6) is 0 Å². The topological polar surface area (TPSA) is 9.72 Å². The van der Waals surface area contributed by atoms with Gasteiger partial charge in [-0.25, -0.2) is 0 Å². The van der Waals surface area contributed by atoms with Crippen LogP contribution in [0.1, 0.15) is 19.4 Å². The lowest BCUT2D eigenvalue weighted by Crippen LogP contribution is -2.48. The second-order valence-corrected chi connectivity index (χ2v) is 7.88. The molecule has 1 aliphatic rings. The number of nitrogens with zero attached hydrogens (tertiary/aromatic N) is 3. The molecule has 0 bridgehead atoms. The van der Waals surface area contributed by atoms with Gasteiger partial charge in [0.25, 0.3) is 0 Å². The molecule has 0 radical (unpaired) electrons. The Bertz CT molecular complexity index is 966. The first-order valence-electron chi connectivity index (χ1n) is 10.6. The van der Waals surface area contributed by atoms with Crippen LogP contribution in [0.25, 0.3) is 10.8 Å². The molecule has 0 spiro atoms. The summed E-state index contributed by atoms with van der Waals surface area (Å²) in [6.45, 7) is 10.3. The second kappa shape index (κ2) is 8.83. The molecule has 0 N–H and O–H groups in total. The summed E-state index contributed by atoms with van der Waals surface area (Å²) in [7, 11) is 0. The smallest absolute Gasteiger partial charge is 0.109 e. The fourth-order valence-electron chi connectivity index (χ4n) is 4.22. The van der Waals surface area contributed by atoms with E-state index in [1.165, 1.54) is 22.1 Å². The molecule has 0 unspecified atom stereocenters. The van der Waals surface area contributed by atoms with Crippen molar-refractivity contribution in [2.75, 3.05) is 49.1 Å². The molecule has 150 valence electrons. The SMILES string of the molecule is CCN(CC)c1ccc(C(=S)N2CCN(c3cccc4ccccc34)CC2)cc1. The number of rotatable bonds is 5. The van der Waals surface area contributed by atoms with Gasteiger partial charge >= 0.3 is 0 Å². The number of hydrogen-bond acceptors (Lipinski definition) is 3. The molecule has 1 aliphatic heterocycles. The largest absolute Gasteiger partial charge is 0.372 e. The molecule has 29 heavy (non-hydrogen) atoms. The van der Waals surface area contributed by atoms with E-state index in [9.17, 15) is 0 Å². The third-order valence-electron chi connectivity index (χ3n) is 5.92. The van der Waals surface area contributed by atoms with Gasteiger partial charge in [0.2, 0.25) is 0 Å². The number of benzene rings is 3. The van der Waals surface area contributed by atoms with Crippen LogP contribution >= 0.6 is 12.2 Å². The maximum Gasteiger partial charge on any atom is 0.109 e. The van der Waals surface area contributed by atoms with Crippen molar-refractivity contribution in [3.8, 4) is 0 Å². The van der Waals surface area contributed by atoms with Gasteiger partial charge in [0.05, 0.1) is 0 Å². The zero-order valence-electron chi connectivity index (χ0n) is 17.3. The summed E-state index contributed by atoms with van der Waals surface area (Å²) in [5.41, 5.74) is 3.74. The Morgan fingerprint density at radius 2 is 1.48 bits per heavy atom. The standard InChI is InChI=1S/C25H29N3S/c1-3-26(4-2)22-14-12-21(13-15-22)25(29)28-18-16-27(17-19-28)24-11-7-9-20-8-5-6-10-23(20)24/h5-15H,3-4,16-19H2,1-2H3. The van der Waals surface area contributed by atoms with Crippen molar-refractivity contribution in [2.24, 2.45) is 0 Å². The number of piperazine rings is 1. The van der Waals surface area contributed by atoms with Gasteiger partial charge in [-0.15, -0.1) is 0 Å². The van der Waals surface area contributed by atoms with Gasteiger partial charge in [-0.3, -0.25) is 0 Å². The Morgan fingerprint density at radius 3 is 2.17 bits per heavy atom. The van der Waals surface area contributed by atoms with E-state index >= 15 is 0 Å². The van der Waals surface area contributed by atoms with Crippen molar-refractivity contribution in [1.82, 2.24) is 4.90 Å². The number of anilines is 2. The molecule has 1 saturated heterocycles. The molecule has 1 heterocycles. The molecule has 0 amide bonds. The Hall–Kier alpha value is -2.59. The normalized spacial score (nSPS) is 14.3. The van der Waals surface area contributed by atoms with Crippen LogP contribution in [0.4, 0.5) is 11.4 Å². The molecular formula is C25H29N3S. The lowest BCUT2D eigenvalue weighted by molar-refractivity contribution is 0.392. The molecule has 4 rings (SSSR count). The fraction of sp³-hybridized carbons (Fsp3) is 0.320. The summed E-state index contributed by atoms with van der Waals surface area (Å²) in [5.74, 6) is 0. The van der Waals surface area contributed by atoms with Gasteiger partial charge in [0, 0.05) is 61.6 Å². The monoisotopic (exact) mass is 403 g/mol. The summed E-state index contributed by atoms with van der Waals surface area (Å²) in [5, 5.41) is 2.63. The van der Waals surface area contributed by atoms with Gasteiger partial charge in [0.15, 0.2) is 0 Å². The van der Waals surface area contributed by atoms with E-state index in [1.807, 2.05) is 0 Å². The van der Waals surface area contributed by atoms with Crippen molar-refractivity contribution in [3.05, 3.63) is 72.3 Å². The van der Waals surface area contributed by atoms with Crippen molar-refractivity contribution in [3.63, 3.8) is 0 Å². The van der Waals surface area contributed by atoms with E-state index < -0.39 is 0 Å². The average molecular weight is 404 g/mol. The van der Waals surface area contributed by atoms with Crippen molar-refractivity contribution < 1.29 is 0 Å². The number of thiocarbonyl (C=S) groups is 1. The Labute approximate surface area is 179 Å². The van der Waals surface area contributed by atoms with Gasteiger partial charge in [-0.1, -0.05) is 48.6 Å². The van der Waals surface area contributed by atoms with Crippen LogP contribution in [0.15, 0.2) is 66.7 Å². The highest BCUT2D eigenvalue weighted by atomic mass is 32.1. The van der Waals surface area contributed by atoms with E-state index in [1.54, 1.807) is 0 Å². The molecule has 1 fully saturated rings. The second-order valence-electron chi connectivity index (χ2n) is 7.50. The maximum absolute atomic E-state index is 5.83. The quantitative estimate of drug-likeness (QED) is 0.543. The molecule has 3 nitrogen and oxygen atoms in total. The summed E-state index contributed by atoms with van der Waals surface area (Å²) >= 11 is 5.83. The Morgan fingerprint density at radius 1 is 0.828 bits per heavy atom. The minimum atomic E-state index is 0.958. The van der Waals surface area contributed by atoms with Crippen molar-refractivity contribution >= 4 is 39.4 Å². The summed E-state index contributed by atoms with van der Waals surface area (Å²) in [6, 6.07) is 24.0. The van der Waals surface area contributed by atoms with Gasteiger partial charge in [-0.05, 0) is 49.6 Å². The highest BCUT2D eigenvalue weighted by Crippen LogP contribution is 2.28. The molecule has 0 saturated carbocycles. The first kappa shape index (κ1) is 19.7. The van der Waals surface area contributed by atoms with E-state index in [0.717, 1.165) is 49.8 Å². The summed E-state index contributed by atoms with van der Waals surface area (Å²) in [4.78, 5) is 8.16. The van der Waals surface area contributed by atoms with Crippen LogP contribution in [-0.4, -0.2) is 49.2 Å². The van der Waals surface area contributed by atoms with Crippen LogP contribution in [0.3, 0.4) is 0 Å². The van der Waals surface area contributed by atoms with Gasteiger partial charge < -0.3 is 14.7 Å². The molecule has 0 aliphatic carbocycles. The van der Waals surface area contributed by atoms with Crippen molar-refractivity contribution in [1.29, 1.82) is 0 Å². The number of fused-ring (bicyclic) bond motifs is 1. The van der Waals surface area contributed by atoms with E-state index in [2.05, 4.69) is 95.3 Å². The Balaban J connectivity index is 1.43. The molecule has 3 aromatic carbocycles. The minimum absolute atomic E-state index is 0.958. The zero-order valence-corrected chi connectivity index (χ0v) is 18.2. The predicted octanol–water partition coefficient (Wildman–Crippen LogP) is 5.18. The van der Waals surface area contributed by atoms with Crippen molar-refractivity contribution in [2.45, 2.75) is 13.8 Å². The van der Waals surface area contributed by atoms with E-state index in [-0.39, 0.29) is 0 Å². The van der Waals surface area contributed by atoms with Gasteiger partial charge in [-0.2, -0.15) is 0 Å². The van der Waals surface area contributed by atoms with E-state index in [0.29, 0.717) is 0 Å². The molecular weight excluding hydrogens is 374 g/mol. The maximum atomic E-state index is 5.83. The molecule has 0 aromatic heterocycles. The van der Waals surface area contributed by atoms with Crippen LogP contribution < -0.4 is 9.80 Å². The van der Waals surface area contributed by atoms with E-state index in [4.69, 9.17) is 12.2 Å². The Kier molecular flexibility index (Phi) is 6.00. The highest BCUT2D eigenvalue weighted by Gasteiger charge is 2.21. The third-order valence-corrected chi connectivity index (χ3v) is 6.41. The number of hydrogen-bond donors (Lipinski definition) is 0. The molecule has 4 heteroatoms. The van der Waals surface area contributed by atoms with Crippen LogP contribution in [-0.2, 0) is 0 Å². The summed E-state index contributed by atoms with van der Waals surface area (Å²) < 4.78 is 0. The van der Waals surface area contributed by atoms with Gasteiger partial charge in [0.1, 0.15) is 4.99 Å².